The highest BCUT2D eigenvalue weighted by molar-refractivity contribution is 6.63. The summed E-state index contributed by atoms with van der Waals surface area (Å²) >= 11 is 0. The van der Waals surface area contributed by atoms with E-state index < -0.39 is 0 Å². The van der Waals surface area contributed by atoms with E-state index >= 15 is 0 Å². The summed E-state index contributed by atoms with van der Waals surface area (Å²) in [6, 6.07) is 36.9. The van der Waals surface area contributed by atoms with Crippen molar-refractivity contribution in [3.8, 4) is 17.2 Å². The summed E-state index contributed by atoms with van der Waals surface area (Å²) in [6.45, 7) is 0. The minimum absolute atomic E-state index is 0.658. The summed E-state index contributed by atoms with van der Waals surface area (Å²) in [5.41, 5.74) is 14.4. The summed E-state index contributed by atoms with van der Waals surface area (Å²) in [6.07, 6.45) is 0. The fourth-order valence-corrected chi connectivity index (χ4v) is 8.37. The van der Waals surface area contributed by atoms with E-state index in [1.54, 1.807) is 0 Å². The lowest BCUT2D eigenvalue weighted by Crippen LogP contribution is -2.40. The van der Waals surface area contributed by atoms with Crippen LogP contribution in [0.1, 0.15) is 0 Å². The van der Waals surface area contributed by atoms with Gasteiger partial charge >= 0.3 is 0 Å². The molecule has 0 amide bonds. The molecule has 0 N–H and O–H groups in total. The van der Waals surface area contributed by atoms with Gasteiger partial charge in [-0.15, -0.1) is 5.46 Å². The number of fused-ring (bicyclic) bond motifs is 10. The molecule has 0 spiro atoms. The summed E-state index contributed by atoms with van der Waals surface area (Å²) in [5.74, 6) is 0.658. The van der Waals surface area contributed by atoms with Crippen LogP contribution < -0.4 is 32.8 Å². The smallest absolute Gasteiger partial charge is 0.235 e. The number of benzene rings is 7. The molecule has 3 aromatic heterocycles. The Labute approximate surface area is 294 Å². The summed E-state index contributed by atoms with van der Waals surface area (Å²) < 4.78 is 9.24. The molecule has 0 unspecified atom stereocenters. The molecule has 0 radical (unpaired) electrons. The summed E-state index contributed by atoms with van der Waals surface area (Å²) in [5, 5.41) is 10.4. The molecule has 0 atom stereocenters. The van der Waals surface area contributed by atoms with Crippen molar-refractivity contribution in [2.75, 3.05) is 0 Å². The first-order valence-corrected chi connectivity index (χ1v) is 17.3. The summed E-state index contributed by atoms with van der Waals surface area (Å²) in [4.78, 5) is 10.9. The zero-order valence-electron chi connectivity index (χ0n) is 29.1. The monoisotopic (exact) mass is 633 g/mol. The fourth-order valence-electron chi connectivity index (χ4n) is 8.37. The van der Waals surface area contributed by atoms with Crippen molar-refractivity contribution in [2.24, 2.45) is 0 Å². The minimum atomic E-state index is 0.658. The Balaban J connectivity index is 1.37. The molecule has 7 aromatic carbocycles. The van der Waals surface area contributed by atoms with Crippen LogP contribution in [0.3, 0.4) is 0 Å². The summed E-state index contributed by atoms with van der Waals surface area (Å²) in [7, 11) is 13.3. The third kappa shape index (κ3) is 3.90. The number of nitrogens with zero attached hydrogens (tertiary/aromatic N) is 3. The first-order chi connectivity index (χ1) is 24.3. The molecular formula is C40H29B6N3O. The Hall–Kier alpha value is -5.61. The van der Waals surface area contributed by atoms with Gasteiger partial charge in [-0.05, 0) is 46.5 Å². The van der Waals surface area contributed by atoms with Gasteiger partial charge in [0, 0.05) is 37.9 Å². The molecule has 0 bridgehead atoms. The predicted molar refractivity (Wildman–Crippen MR) is 231 cm³/mol. The third-order valence-electron chi connectivity index (χ3n) is 11.5. The fraction of sp³-hybridized carbons (Fsp3) is 0. The first kappa shape index (κ1) is 29.3. The molecule has 0 aliphatic rings. The average Bonchev–Trinajstić information content (AvgIpc) is 3.67. The van der Waals surface area contributed by atoms with Crippen molar-refractivity contribution in [1.29, 1.82) is 0 Å². The normalized spacial score (nSPS) is 12.1. The maximum Gasteiger partial charge on any atom is 0.235 e. The van der Waals surface area contributed by atoms with Crippen molar-refractivity contribution in [1.82, 2.24) is 14.5 Å². The standard InChI is InChI=1S/C40H29B6N3O/c41-25-16-20-13-14-23-30-31(34(44)35(45)36(46)39(30)50-38(23)29(20)33(43)32(25)42)37-22-10-3-5-11-26(22)47-40(48-37)49-27-12-6-4-9-21(27)24-15-18-7-1-2-8-19(18)17-28(24)49/h1-17H,41-46H2. The molecular weight excluding hydrogens is 603 g/mol. The van der Waals surface area contributed by atoms with E-state index in [-0.39, 0.29) is 0 Å². The molecule has 10 rings (SSSR count). The molecule has 3 heterocycles. The van der Waals surface area contributed by atoms with Gasteiger partial charge in [0.05, 0.1) is 22.2 Å². The third-order valence-corrected chi connectivity index (χ3v) is 11.5. The van der Waals surface area contributed by atoms with E-state index in [1.807, 2.05) is 0 Å². The number of rotatable bonds is 2. The second-order valence-electron chi connectivity index (χ2n) is 14.0. The van der Waals surface area contributed by atoms with E-state index in [1.165, 1.54) is 65.1 Å². The Morgan fingerprint density at radius 1 is 0.480 bits per heavy atom. The van der Waals surface area contributed by atoms with Gasteiger partial charge < -0.3 is 4.42 Å². The van der Waals surface area contributed by atoms with Crippen LogP contribution in [0.25, 0.3) is 93.4 Å². The number of para-hydroxylation sites is 2. The zero-order chi connectivity index (χ0) is 34.0. The van der Waals surface area contributed by atoms with Crippen LogP contribution >= 0.6 is 0 Å². The number of furan rings is 1. The van der Waals surface area contributed by atoms with Crippen LogP contribution in [0.2, 0.25) is 0 Å². The highest BCUT2D eigenvalue weighted by Gasteiger charge is 2.25. The molecule has 0 fully saturated rings. The van der Waals surface area contributed by atoms with Gasteiger partial charge in [0.2, 0.25) is 5.95 Å². The molecule has 10 aromatic rings. The Morgan fingerprint density at radius 3 is 2.02 bits per heavy atom. The Morgan fingerprint density at radius 2 is 1.20 bits per heavy atom. The highest BCUT2D eigenvalue weighted by atomic mass is 16.3. The van der Waals surface area contributed by atoms with Crippen LogP contribution in [0.15, 0.2) is 108 Å². The van der Waals surface area contributed by atoms with Gasteiger partial charge in [-0.3, -0.25) is 4.57 Å². The topological polar surface area (TPSA) is 43.9 Å². The SMILES string of the molecule is Bc1cc2ccc3c(oc4c(B)c(B)c(B)c(-c5nc(-n6c7ccccc7c7cc8ccccc8cc76)nc6ccccc56)c43)c2c(B)c1B. The quantitative estimate of drug-likeness (QED) is 0.255. The van der Waals surface area contributed by atoms with Crippen molar-refractivity contribution < 1.29 is 4.42 Å². The minimum Gasteiger partial charge on any atom is -0.456 e. The van der Waals surface area contributed by atoms with E-state index in [9.17, 15) is 0 Å². The highest BCUT2D eigenvalue weighted by Crippen LogP contribution is 2.40. The number of hydrogen-bond acceptors (Lipinski definition) is 3. The van der Waals surface area contributed by atoms with Crippen LogP contribution in [0, 0.1) is 0 Å². The first-order valence-electron chi connectivity index (χ1n) is 17.3. The maximum absolute atomic E-state index is 6.99. The Kier molecular flexibility index (Phi) is 6.13. The average molecular weight is 633 g/mol. The van der Waals surface area contributed by atoms with Gasteiger partial charge in [-0.1, -0.05) is 100 Å². The van der Waals surface area contributed by atoms with E-state index in [2.05, 4.69) is 155 Å². The number of hydrogen-bond donors (Lipinski definition) is 0. The molecule has 0 saturated heterocycles. The van der Waals surface area contributed by atoms with Crippen LogP contribution in [-0.4, -0.2) is 61.6 Å². The predicted octanol–water partition coefficient (Wildman–Crippen LogP) is 0.150. The van der Waals surface area contributed by atoms with E-state index in [4.69, 9.17) is 14.4 Å². The van der Waals surface area contributed by atoms with Crippen molar-refractivity contribution in [3.63, 3.8) is 0 Å². The molecule has 0 saturated carbocycles. The van der Waals surface area contributed by atoms with Crippen LogP contribution in [0.4, 0.5) is 0 Å². The van der Waals surface area contributed by atoms with Crippen molar-refractivity contribution >= 4 is 156 Å². The zero-order valence-corrected chi connectivity index (χ0v) is 29.1. The molecule has 0 aliphatic carbocycles. The molecule has 228 valence electrons. The molecule has 4 nitrogen and oxygen atoms in total. The molecule has 10 heteroatoms. The largest absolute Gasteiger partial charge is 0.456 e. The van der Waals surface area contributed by atoms with Crippen molar-refractivity contribution in [2.45, 2.75) is 0 Å². The van der Waals surface area contributed by atoms with E-state index in [0.29, 0.717) is 5.95 Å². The van der Waals surface area contributed by atoms with Crippen LogP contribution in [0.5, 0.6) is 0 Å². The van der Waals surface area contributed by atoms with Gasteiger partial charge in [0.15, 0.2) is 0 Å². The van der Waals surface area contributed by atoms with Gasteiger partial charge in [-0.25, -0.2) is 9.97 Å². The second kappa shape index (κ2) is 10.4. The lowest BCUT2D eigenvalue weighted by molar-refractivity contribution is 0.676. The van der Waals surface area contributed by atoms with Gasteiger partial charge in [0.1, 0.15) is 58.2 Å². The maximum atomic E-state index is 6.99. The van der Waals surface area contributed by atoms with Gasteiger partial charge in [0.25, 0.3) is 0 Å². The number of aromatic nitrogens is 3. The van der Waals surface area contributed by atoms with Crippen LogP contribution in [-0.2, 0) is 0 Å². The molecule has 0 aliphatic heterocycles. The lowest BCUT2D eigenvalue weighted by Gasteiger charge is -2.17. The van der Waals surface area contributed by atoms with Gasteiger partial charge in [-0.2, -0.15) is 0 Å². The van der Waals surface area contributed by atoms with Crippen molar-refractivity contribution in [3.05, 3.63) is 103 Å². The molecule has 50 heavy (non-hydrogen) atoms. The second-order valence-corrected chi connectivity index (χ2v) is 14.0. The lowest BCUT2D eigenvalue weighted by atomic mass is 9.68. The van der Waals surface area contributed by atoms with E-state index in [0.717, 1.165) is 55.1 Å². The Bertz CT molecular complexity index is 3130.